The van der Waals surface area contributed by atoms with Crippen molar-refractivity contribution in [2.75, 3.05) is 25.5 Å². The van der Waals surface area contributed by atoms with Gasteiger partial charge in [-0.15, -0.1) is 0 Å². The molecule has 2 aliphatic rings. The summed E-state index contributed by atoms with van der Waals surface area (Å²) in [5.41, 5.74) is 2.61. The van der Waals surface area contributed by atoms with Crippen LogP contribution in [0.3, 0.4) is 0 Å². The van der Waals surface area contributed by atoms with Gasteiger partial charge in [0.2, 0.25) is 0 Å². The second-order valence-electron chi connectivity index (χ2n) is 6.72. The molecule has 1 heterocycles. The number of para-hydroxylation sites is 1. The minimum atomic E-state index is 0.566. The summed E-state index contributed by atoms with van der Waals surface area (Å²) in [6, 6.07) is 15.6. The highest BCUT2D eigenvalue weighted by Gasteiger charge is 2.39. The molecule has 0 saturated heterocycles. The van der Waals surface area contributed by atoms with Crippen LogP contribution in [0.5, 0.6) is 0 Å². The Morgan fingerprint density at radius 1 is 1.09 bits per heavy atom. The van der Waals surface area contributed by atoms with Crippen LogP contribution in [0, 0.1) is 5.92 Å². The van der Waals surface area contributed by atoms with E-state index in [0.717, 1.165) is 11.6 Å². The molecule has 0 aromatic heterocycles. The Kier molecular flexibility index (Phi) is 4.04. The molecule has 2 nitrogen and oxygen atoms in total. The number of benzene rings is 2. The molecule has 1 fully saturated rings. The number of anilines is 2. The maximum absolute atomic E-state index is 6.31. The molecule has 0 N–H and O–H groups in total. The molecule has 4 rings (SSSR count). The Hall–Kier alpha value is -1.16. The summed E-state index contributed by atoms with van der Waals surface area (Å²) in [7, 11) is 4.33. The van der Waals surface area contributed by atoms with Crippen molar-refractivity contribution in [3.63, 3.8) is 0 Å². The third kappa shape index (κ3) is 2.75. The first-order valence-electron chi connectivity index (χ1n) is 8.14. The fourth-order valence-electron chi connectivity index (χ4n) is 3.69. The summed E-state index contributed by atoms with van der Waals surface area (Å²) in [6.07, 6.45) is 2.56. The van der Waals surface area contributed by atoms with Gasteiger partial charge in [0.1, 0.15) is 0 Å². The maximum atomic E-state index is 6.31. The van der Waals surface area contributed by atoms with Crippen LogP contribution in [0.4, 0.5) is 11.4 Å². The van der Waals surface area contributed by atoms with Crippen LogP contribution in [0.25, 0.3) is 0 Å². The van der Waals surface area contributed by atoms with Gasteiger partial charge in [0.25, 0.3) is 0 Å². The van der Waals surface area contributed by atoms with Crippen molar-refractivity contribution in [1.82, 2.24) is 4.90 Å². The van der Waals surface area contributed by atoms with Gasteiger partial charge in [-0.05, 0) is 63.2 Å². The predicted octanol–water partition coefficient (Wildman–Crippen LogP) is 5.28. The monoisotopic (exact) mass is 344 g/mol. The van der Waals surface area contributed by atoms with E-state index in [-0.39, 0.29) is 0 Å². The van der Waals surface area contributed by atoms with Gasteiger partial charge < -0.3 is 9.80 Å². The topological polar surface area (TPSA) is 6.48 Å². The fourth-order valence-corrected chi connectivity index (χ4v) is 4.91. The van der Waals surface area contributed by atoms with Crippen LogP contribution >= 0.6 is 23.4 Å². The van der Waals surface area contributed by atoms with E-state index >= 15 is 0 Å². The smallest absolute Gasteiger partial charge is 0.0570 e. The number of rotatable bonds is 3. The van der Waals surface area contributed by atoms with Crippen molar-refractivity contribution < 1.29 is 0 Å². The molecule has 1 saturated carbocycles. The lowest BCUT2D eigenvalue weighted by Gasteiger charge is -2.48. The van der Waals surface area contributed by atoms with Crippen LogP contribution in [-0.2, 0) is 0 Å². The van der Waals surface area contributed by atoms with E-state index in [0.29, 0.717) is 12.0 Å². The van der Waals surface area contributed by atoms with E-state index in [1.54, 1.807) is 0 Å². The summed E-state index contributed by atoms with van der Waals surface area (Å²) in [5.74, 6) is 0.716. The summed E-state index contributed by atoms with van der Waals surface area (Å²) in [4.78, 5) is 7.51. The Bertz CT molecular complexity index is 731. The van der Waals surface area contributed by atoms with Gasteiger partial charge in [-0.2, -0.15) is 0 Å². The molecule has 1 aliphatic carbocycles. The molecule has 2 unspecified atom stereocenters. The van der Waals surface area contributed by atoms with Crippen LogP contribution in [0.1, 0.15) is 12.8 Å². The minimum Gasteiger partial charge on any atom is -0.336 e. The Balaban J connectivity index is 1.77. The van der Waals surface area contributed by atoms with E-state index in [4.69, 9.17) is 11.6 Å². The third-order valence-electron chi connectivity index (χ3n) is 4.83. The van der Waals surface area contributed by atoms with Gasteiger partial charge in [0.15, 0.2) is 0 Å². The number of hydrogen-bond donors (Lipinski definition) is 0. The maximum Gasteiger partial charge on any atom is 0.0570 e. The Morgan fingerprint density at radius 2 is 1.87 bits per heavy atom. The molecule has 2 atom stereocenters. The van der Waals surface area contributed by atoms with E-state index in [1.165, 1.54) is 34.0 Å². The SMILES string of the molecule is CN(C)CC1CCC1N1c2ccccc2Sc2ccc(Cl)cc21. The van der Waals surface area contributed by atoms with Crippen molar-refractivity contribution in [2.24, 2.45) is 5.92 Å². The highest BCUT2D eigenvalue weighted by molar-refractivity contribution is 7.99. The summed E-state index contributed by atoms with van der Waals surface area (Å²) in [5, 5.41) is 0.817. The zero-order chi connectivity index (χ0) is 16.0. The largest absolute Gasteiger partial charge is 0.336 e. The van der Waals surface area contributed by atoms with Crippen molar-refractivity contribution in [3.05, 3.63) is 47.5 Å². The number of hydrogen-bond acceptors (Lipinski definition) is 3. The Labute approximate surface area is 147 Å². The zero-order valence-electron chi connectivity index (χ0n) is 13.5. The lowest BCUT2D eigenvalue weighted by Crippen LogP contribution is -2.49. The van der Waals surface area contributed by atoms with Gasteiger partial charge in [0, 0.05) is 27.4 Å². The standard InChI is InChI=1S/C19H21ClN2S/c1-21(2)12-13-7-9-15(13)22-16-5-3-4-6-18(16)23-19-10-8-14(20)11-17(19)22/h3-6,8,10-11,13,15H,7,9,12H2,1-2H3. The second kappa shape index (κ2) is 6.04. The predicted molar refractivity (Wildman–Crippen MR) is 99.2 cm³/mol. The zero-order valence-corrected chi connectivity index (χ0v) is 15.1. The highest BCUT2D eigenvalue weighted by Crippen LogP contribution is 2.52. The van der Waals surface area contributed by atoms with Gasteiger partial charge in [-0.3, -0.25) is 0 Å². The first-order valence-corrected chi connectivity index (χ1v) is 9.33. The lowest BCUT2D eigenvalue weighted by molar-refractivity contribution is 0.192. The van der Waals surface area contributed by atoms with E-state index in [1.807, 2.05) is 17.8 Å². The average molecular weight is 345 g/mol. The number of fused-ring (bicyclic) bond motifs is 2. The van der Waals surface area contributed by atoms with Crippen LogP contribution in [0.2, 0.25) is 5.02 Å². The van der Waals surface area contributed by atoms with E-state index in [2.05, 4.69) is 60.3 Å². The fraction of sp³-hybridized carbons (Fsp3) is 0.368. The normalized spacial score (nSPS) is 22.5. The van der Waals surface area contributed by atoms with Crippen molar-refractivity contribution in [3.8, 4) is 0 Å². The number of nitrogens with zero attached hydrogens (tertiary/aromatic N) is 2. The van der Waals surface area contributed by atoms with E-state index < -0.39 is 0 Å². The van der Waals surface area contributed by atoms with E-state index in [9.17, 15) is 0 Å². The molecule has 0 radical (unpaired) electrons. The van der Waals surface area contributed by atoms with Crippen molar-refractivity contribution in [2.45, 2.75) is 28.7 Å². The van der Waals surface area contributed by atoms with Gasteiger partial charge >= 0.3 is 0 Å². The first-order chi connectivity index (χ1) is 11.1. The molecule has 0 bridgehead atoms. The summed E-state index contributed by atoms with van der Waals surface area (Å²) in [6.45, 7) is 1.15. The quantitative estimate of drug-likeness (QED) is 0.747. The molecule has 23 heavy (non-hydrogen) atoms. The van der Waals surface area contributed by atoms with Gasteiger partial charge in [0.05, 0.1) is 11.4 Å². The van der Waals surface area contributed by atoms with Gasteiger partial charge in [-0.1, -0.05) is 35.5 Å². The number of halogens is 1. The minimum absolute atomic E-state index is 0.566. The molecule has 2 aromatic carbocycles. The van der Waals surface area contributed by atoms with Crippen molar-refractivity contribution >= 4 is 34.7 Å². The van der Waals surface area contributed by atoms with Crippen LogP contribution < -0.4 is 4.90 Å². The summed E-state index contributed by atoms with van der Waals surface area (Å²) >= 11 is 8.16. The molecular formula is C19H21ClN2S. The van der Waals surface area contributed by atoms with Gasteiger partial charge in [-0.25, -0.2) is 0 Å². The average Bonchev–Trinajstić information content (AvgIpc) is 2.52. The third-order valence-corrected chi connectivity index (χ3v) is 6.20. The van der Waals surface area contributed by atoms with Crippen molar-refractivity contribution in [1.29, 1.82) is 0 Å². The highest BCUT2D eigenvalue weighted by atomic mass is 35.5. The van der Waals surface area contributed by atoms with Crippen LogP contribution in [0.15, 0.2) is 52.3 Å². The van der Waals surface area contributed by atoms with Crippen LogP contribution in [-0.4, -0.2) is 31.6 Å². The molecule has 1 aliphatic heterocycles. The Morgan fingerprint density at radius 3 is 2.61 bits per heavy atom. The molecule has 4 heteroatoms. The second-order valence-corrected chi connectivity index (χ2v) is 8.24. The molecule has 2 aromatic rings. The molecule has 120 valence electrons. The molecular weight excluding hydrogens is 324 g/mol. The lowest BCUT2D eigenvalue weighted by atomic mass is 9.77. The summed E-state index contributed by atoms with van der Waals surface area (Å²) < 4.78 is 0. The molecule has 0 amide bonds. The first kappa shape index (κ1) is 15.4. The molecule has 0 spiro atoms.